The van der Waals surface area contributed by atoms with Crippen molar-refractivity contribution >= 4 is 34.8 Å². The molecule has 1 aromatic rings. The van der Waals surface area contributed by atoms with Gasteiger partial charge in [-0.15, -0.1) is 0 Å². The van der Waals surface area contributed by atoms with E-state index in [1.165, 1.54) is 0 Å². The highest BCUT2D eigenvalue weighted by atomic mass is 35.5. The molecule has 0 bridgehead atoms. The maximum atomic E-state index is 12.6. The first-order valence-electron chi connectivity index (χ1n) is 9.37. The van der Waals surface area contributed by atoms with Crippen LogP contribution >= 0.6 is 23.2 Å². The highest BCUT2D eigenvalue weighted by Crippen LogP contribution is 2.26. The molecule has 144 valence electrons. The fourth-order valence-electron chi connectivity index (χ4n) is 3.67. The Bertz CT molecular complexity index is 604. The molecule has 0 spiro atoms. The molecule has 1 aromatic carbocycles. The van der Waals surface area contributed by atoms with Crippen LogP contribution in [-0.2, 0) is 4.79 Å². The smallest absolute Gasteiger partial charge is 0.236 e. The van der Waals surface area contributed by atoms with Crippen molar-refractivity contribution in [3.05, 3.63) is 28.2 Å². The van der Waals surface area contributed by atoms with E-state index in [-0.39, 0.29) is 5.91 Å². The van der Waals surface area contributed by atoms with Crippen molar-refractivity contribution in [1.29, 1.82) is 0 Å². The minimum atomic E-state index is 0.257. The fraction of sp³-hybridized carbons (Fsp3) is 0.632. The van der Waals surface area contributed by atoms with Crippen LogP contribution in [0.1, 0.15) is 13.8 Å². The summed E-state index contributed by atoms with van der Waals surface area (Å²) in [6.45, 7) is 12.1. The van der Waals surface area contributed by atoms with E-state index < -0.39 is 0 Å². The SMILES string of the molecule is CC(C)N1CCN(C(=O)CN2CCN(c3cc(Cl)cc(Cl)c3)CC2)CC1. The van der Waals surface area contributed by atoms with Crippen molar-refractivity contribution in [3.63, 3.8) is 0 Å². The van der Waals surface area contributed by atoms with E-state index in [9.17, 15) is 4.79 Å². The summed E-state index contributed by atoms with van der Waals surface area (Å²) in [5.41, 5.74) is 1.05. The summed E-state index contributed by atoms with van der Waals surface area (Å²) in [5, 5.41) is 1.32. The molecular weight excluding hydrogens is 371 g/mol. The monoisotopic (exact) mass is 398 g/mol. The van der Waals surface area contributed by atoms with Gasteiger partial charge < -0.3 is 9.80 Å². The zero-order valence-electron chi connectivity index (χ0n) is 15.6. The Labute approximate surface area is 166 Å². The van der Waals surface area contributed by atoms with Crippen LogP contribution in [0.2, 0.25) is 10.0 Å². The Morgan fingerprint density at radius 1 is 0.923 bits per heavy atom. The van der Waals surface area contributed by atoms with Gasteiger partial charge in [0.15, 0.2) is 0 Å². The van der Waals surface area contributed by atoms with E-state index in [1.54, 1.807) is 6.07 Å². The first-order chi connectivity index (χ1) is 12.4. The van der Waals surface area contributed by atoms with Crippen molar-refractivity contribution in [3.8, 4) is 0 Å². The molecule has 2 saturated heterocycles. The summed E-state index contributed by atoms with van der Waals surface area (Å²) in [6.07, 6.45) is 0. The highest BCUT2D eigenvalue weighted by molar-refractivity contribution is 6.35. The molecule has 2 aliphatic heterocycles. The number of carbonyl (C=O) groups excluding carboxylic acids is 1. The maximum absolute atomic E-state index is 12.6. The second-order valence-electron chi connectivity index (χ2n) is 7.40. The number of anilines is 1. The molecule has 7 heteroatoms. The lowest BCUT2D eigenvalue weighted by molar-refractivity contribution is -0.134. The van der Waals surface area contributed by atoms with Gasteiger partial charge in [-0.2, -0.15) is 0 Å². The van der Waals surface area contributed by atoms with Crippen LogP contribution in [0, 0.1) is 0 Å². The summed E-state index contributed by atoms with van der Waals surface area (Å²) in [4.78, 5) is 21.6. The van der Waals surface area contributed by atoms with Crippen LogP contribution < -0.4 is 4.90 Å². The summed E-state index contributed by atoms with van der Waals surface area (Å²) >= 11 is 12.2. The molecule has 0 N–H and O–H groups in total. The van der Waals surface area contributed by atoms with Gasteiger partial charge in [-0.05, 0) is 32.0 Å². The second kappa shape index (κ2) is 8.79. The summed E-state index contributed by atoms with van der Waals surface area (Å²) in [7, 11) is 0. The number of hydrogen-bond donors (Lipinski definition) is 0. The number of halogens is 2. The van der Waals surface area contributed by atoms with E-state index in [2.05, 4.69) is 28.5 Å². The predicted molar refractivity (Wildman–Crippen MR) is 108 cm³/mol. The average Bonchev–Trinajstić information content (AvgIpc) is 2.61. The van der Waals surface area contributed by atoms with Crippen LogP contribution in [-0.4, -0.2) is 85.6 Å². The molecule has 2 aliphatic rings. The Hall–Kier alpha value is -1.01. The predicted octanol–water partition coefficient (Wildman–Crippen LogP) is 2.67. The van der Waals surface area contributed by atoms with Crippen molar-refractivity contribution in [1.82, 2.24) is 14.7 Å². The second-order valence-corrected chi connectivity index (χ2v) is 8.27. The Kier molecular flexibility index (Phi) is 6.67. The first kappa shape index (κ1) is 19.7. The van der Waals surface area contributed by atoms with Gasteiger partial charge in [0.2, 0.25) is 5.91 Å². The van der Waals surface area contributed by atoms with Crippen LogP contribution in [0.4, 0.5) is 5.69 Å². The number of piperazine rings is 2. The van der Waals surface area contributed by atoms with E-state index >= 15 is 0 Å². The minimum Gasteiger partial charge on any atom is -0.369 e. The van der Waals surface area contributed by atoms with Gasteiger partial charge in [-0.25, -0.2) is 0 Å². The van der Waals surface area contributed by atoms with Gasteiger partial charge in [-0.1, -0.05) is 23.2 Å². The summed E-state index contributed by atoms with van der Waals surface area (Å²) in [5.74, 6) is 0.257. The molecule has 0 aromatic heterocycles. The molecule has 2 fully saturated rings. The van der Waals surface area contributed by atoms with Crippen LogP contribution in [0.25, 0.3) is 0 Å². The Morgan fingerprint density at radius 2 is 1.50 bits per heavy atom. The molecule has 0 aliphatic carbocycles. The summed E-state index contributed by atoms with van der Waals surface area (Å²) in [6, 6.07) is 6.20. The lowest BCUT2D eigenvalue weighted by Crippen LogP contribution is -2.54. The van der Waals surface area contributed by atoms with Crippen LogP contribution in [0.5, 0.6) is 0 Å². The molecule has 1 amide bonds. The standard InChI is InChI=1S/C19H28Cl2N4O/c1-15(2)23-7-9-25(10-8-23)19(26)14-22-3-5-24(6-4-22)18-12-16(20)11-17(21)13-18/h11-13,15H,3-10,14H2,1-2H3. The zero-order valence-corrected chi connectivity index (χ0v) is 17.1. The third kappa shape index (κ3) is 5.03. The molecule has 3 rings (SSSR count). The normalized spacial score (nSPS) is 20.0. The van der Waals surface area contributed by atoms with E-state index in [0.29, 0.717) is 22.6 Å². The van der Waals surface area contributed by atoms with E-state index in [4.69, 9.17) is 23.2 Å². The number of hydrogen-bond acceptors (Lipinski definition) is 4. The maximum Gasteiger partial charge on any atom is 0.236 e. The van der Waals surface area contributed by atoms with Gasteiger partial charge in [0.05, 0.1) is 6.54 Å². The van der Waals surface area contributed by atoms with Crippen molar-refractivity contribution in [2.75, 3.05) is 63.8 Å². The molecule has 26 heavy (non-hydrogen) atoms. The minimum absolute atomic E-state index is 0.257. The fourth-order valence-corrected chi connectivity index (χ4v) is 4.18. The van der Waals surface area contributed by atoms with Crippen LogP contribution in [0.15, 0.2) is 18.2 Å². The summed E-state index contributed by atoms with van der Waals surface area (Å²) < 4.78 is 0. The number of benzene rings is 1. The number of carbonyl (C=O) groups is 1. The van der Waals surface area contributed by atoms with Crippen LogP contribution in [0.3, 0.4) is 0 Å². The van der Waals surface area contributed by atoms with Crippen molar-refractivity contribution in [2.24, 2.45) is 0 Å². The average molecular weight is 399 g/mol. The number of nitrogens with zero attached hydrogens (tertiary/aromatic N) is 4. The quantitative estimate of drug-likeness (QED) is 0.779. The topological polar surface area (TPSA) is 30.0 Å². The van der Waals surface area contributed by atoms with E-state index in [1.807, 2.05) is 17.0 Å². The Balaban J connectivity index is 1.46. The molecule has 0 saturated carbocycles. The third-order valence-electron chi connectivity index (χ3n) is 5.34. The molecule has 2 heterocycles. The van der Waals surface area contributed by atoms with Gasteiger partial charge in [0, 0.05) is 74.1 Å². The zero-order chi connectivity index (χ0) is 18.7. The number of rotatable bonds is 4. The third-order valence-corrected chi connectivity index (χ3v) is 5.78. The molecule has 5 nitrogen and oxygen atoms in total. The van der Waals surface area contributed by atoms with Crippen molar-refractivity contribution < 1.29 is 4.79 Å². The van der Waals surface area contributed by atoms with Gasteiger partial charge >= 0.3 is 0 Å². The van der Waals surface area contributed by atoms with Gasteiger partial charge in [-0.3, -0.25) is 14.6 Å². The molecular formula is C19H28Cl2N4O. The van der Waals surface area contributed by atoms with Gasteiger partial charge in [0.1, 0.15) is 0 Å². The lowest BCUT2D eigenvalue weighted by Gasteiger charge is -2.39. The van der Waals surface area contributed by atoms with E-state index in [0.717, 1.165) is 58.0 Å². The van der Waals surface area contributed by atoms with Crippen molar-refractivity contribution in [2.45, 2.75) is 19.9 Å². The number of amides is 1. The highest BCUT2D eigenvalue weighted by Gasteiger charge is 2.25. The first-order valence-corrected chi connectivity index (χ1v) is 10.1. The molecule has 0 unspecified atom stereocenters. The molecule has 0 radical (unpaired) electrons. The van der Waals surface area contributed by atoms with Gasteiger partial charge in [0.25, 0.3) is 0 Å². The largest absolute Gasteiger partial charge is 0.369 e. The Morgan fingerprint density at radius 3 is 2.04 bits per heavy atom. The molecule has 0 atom stereocenters. The lowest BCUT2D eigenvalue weighted by atomic mass is 10.2.